The third kappa shape index (κ3) is 9.26. The van der Waals surface area contributed by atoms with Gasteiger partial charge in [0.05, 0.1) is 0 Å². The standard InChI is InChI=1S/C5H5N.C2H3NS2/c1-2-4-6-5-3-1;1-2(4)3-5/h1-5H;1H3. The van der Waals surface area contributed by atoms with Crippen LogP contribution in [0.1, 0.15) is 6.92 Å². The molecule has 0 aliphatic rings. The smallest absolute Gasteiger partial charge is 0.114 e. The summed E-state index contributed by atoms with van der Waals surface area (Å²) in [7, 11) is 0. The first-order chi connectivity index (χ1) is 5.27. The van der Waals surface area contributed by atoms with Gasteiger partial charge in [-0.1, -0.05) is 18.3 Å². The summed E-state index contributed by atoms with van der Waals surface area (Å²) < 4.78 is 3.20. The molecule has 1 heterocycles. The first kappa shape index (κ1) is 10.3. The van der Waals surface area contributed by atoms with Gasteiger partial charge in [-0.15, -0.1) is 0 Å². The second-order valence-corrected chi connectivity index (χ2v) is 2.41. The predicted molar refractivity (Wildman–Crippen MR) is 52.3 cm³/mol. The number of nitrogens with zero attached hydrogens (tertiary/aromatic N) is 2. The zero-order valence-corrected chi connectivity index (χ0v) is 7.73. The normalized spacial score (nSPS) is 7.36. The Kier molecular flexibility index (Phi) is 6.87. The van der Waals surface area contributed by atoms with Crippen molar-refractivity contribution in [2.24, 2.45) is 4.36 Å². The van der Waals surface area contributed by atoms with E-state index < -0.39 is 0 Å². The van der Waals surface area contributed by atoms with Crippen molar-refractivity contribution in [1.29, 1.82) is 0 Å². The quantitative estimate of drug-likeness (QED) is 0.578. The summed E-state index contributed by atoms with van der Waals surface area (Å²) in [5.41, 5.74) is 0. The Morgan fingerprint density at radius 3 is 1.82 bits per heavy atom. The van der Waals surface area contributed by atoms with Crippen molar-refractivity contribution < 1.29 is 0 Å². The lowest BCUT2D eigenvalue weighted by Gasteiger charge is -1.70. The van der Waals surface area contributed by atoms with E-state index in [0.717, 1.165) is 0 Å². The van der Waals surface area contributed by atoms with Crippen LogP contribution in [0.15, 0.2) is 35.0 Å². The van der Waals surface area contributed by atoms with E-state index in [4.69, 9.17) is 0 Å². The first-order valence-corrected chi connectivity index (χ1v) is 3.73. The second-order valence-electron chi connectivity index (χ2n) is 1.63. The molecule has 0 radical (unpaired) electrons. The highest BCUT2D eigenvalue weighted by molar-refractivity contribution is 7.80. The molecule has 0 fully saturated rings. The molecule has 4 heteroatoms. The molecular weight excluding hydrogens is 176 g/mol. The lowest BCUT2D eigenvalue weighted by molar-refractivity contribution is 1.33. The molecule has 0 saturated carbocycles. The predicted octanol–water partition coefficient (Wildman–Crippen LogP) is 2.15. The molecule has 0 aromatic carbocycles. The van der Waals surface area contributed by atoms with Crippen molar-refractivity contribution >= 4 is 29.6 Å². The number of aromatic nitrogens is 1. The minimum absolute atomic E-state index is 0.528. The first-order valence-electron chi connectivity index (χ1n) is 2.96. The summed E-state index contributed by atoms with van der Waals surface area (Å²) in [6.07, 6.45) is 3.50. The van der Waals surface area contributed by atoms with Crippen LogP contribution < -0.4 is 0 Å². The van der Waals surface area contributed by atoms with Gasteiger partial charge in [-0.05, 0) is 19.1 Å². The zero-order valence-electron chi connectivity index (χ0n) is 6.10. The van der Waals surface area contributed by atoms with E-state index in [-0.39, 0.29) is 0 Å². The van der Waals surface area contributed by atoms with E-state index in [1.807, 2.05) is 18.2 Å². The van der Waals surface area contributed by atoms with Crippen LogP contribution in [0.4, 0.5) is 0 Å². The Morgan fingerprint density at radius 1 is 1.27 bits per heavy atom. The van der Waals surface area contributed by atoms with Crippen LogP contribution in [0.3, 0.4) is 0 Å². The number of hydrogen-bond donors (Lipinski definition) is 0. The van der Waals surface area contributed by atoms with E-state index in [2.05, 4.69) is 34.0 Å². The van der Waals surface area contributed by atoms with Crippen molar-refractivity contribution in [2.45, 2.75) is 6.92 Å². The van der Waals surface area contributed by atoms with Crippen molar-refractivity contribution in [3.63, 3.8) is 0 Å². The van der Waals surface area contributed by atoms with Gasteiger partial charge >= 0.3 is 0 Å². The monoisotopic (exact) mass is 184 g/mol. The van der Waals surface area contributed by atoms with Crippen LogP contribution in [-0.2, 0) is 12.4 Å². The summed E-state index contributed by atoms with van der Waals surface area (Å²) in [6, 6.07) is 5.72. The summed E-state index contributed by atoms with van der Waals surface area (Å²) in [4.78, 5) is 4.31. The lowest BCUT2D eigenvalue weighted by atomic mass is 10.5. The molecule has 1 aromatic rings. The van der Waals surface area contributed by atoms with Gasteiger partial charge in [0.2, 0.25) is 0 Å². The molecule has 0 saturated heterocycles. The Morgan fingerprint density at radius 2 is 1.73 bits per heavy atom. The molecule has 0 aliphatic heterocycles. The van der Waals surface area contributed by atoms with Gasteiger partial charge in [-0.25, -0.2) is 0 Å². The molecule has 11 heavy (non-hydrogen) atoms. The fourth-order valence-electron chi connectivity index (χ4n) is 0.313. The Labute approximate surface area is 76.8 Å². The molecule has 2 nitrogen and oxygen atoms in total. The third-order valence-electron chi connectivity index (χ3n) is 0.695. The highest BCUT2D eigenvalue weighted by Crippen LogP contribution is 1.73. The average molecular weight is 184 g/mol. The SMILES string of the molecule is CC(=S)N=S.c1ccncc1. The topological polar surface area (TPSA) is 25.2 Å². The Bertz CT molecular complexity index is 184. The van der Waals surface area contributed by atoms with E-state index in [9.17, 15) is 0 Å². The largest absolute Gasteiger partial charge is 0.265 e. The highest BCUT2D eigenvalue weighted by Gasteiger charge is 1.66. The van der Waals surface area contributed by atoms with Crippen LogP contribution in [0.2, 0.25) is 0 Å². The van der Waals surface area contributed by atoms with E-state index in [0.29, 0.717) is 4.99 Å². The molecule has 0 amide bonds. The third-order valence-corrected chi connectivity index (χ3v) is 1.18. The van der Waals surface area contributed by atoms with Crippen LogP contribution in [-0.4, -0.2) is 9.97 Å². The Balaban J connectivity index is 0.000000187. The number of pyridine rings is 1. The van der Waals surface area contributed by atoms with Gasteiger partial charge in [0.15, 0.2) is 0 Å². The average Bonchev–Trinajstić information content (AvgIpc) is 2.09. The van der Waals surface area contributed by atoms with Crippen LogP contribution in [0, 0.1) is 0 Å². The molecule has 0 bridgehead atoms. The maximum Gasteiger partial charge on any atom is 0.114 e. The van der Waals surface area contributed by atoms with Crippen molar-refractivity contribution in [3.05, 3.63) is 30.6 Å². The second kappa shape index (κ2) is 7.37. The number of thiocarbonyl (C=S) groups is 1. The van der Waals surface area contributed by atoms with Gasteiger partial charge in [-0.2, -0.15) is 4.36 Å². The summed E-state index contributed by atoms with van der Waals surface area (Å²) in [5.74, 6) is 0. The Hall–Kier alpha value is -0.740. The lowest BCUT2D eigenvalue weighted by Crippen LogP contribution is -1.68. The maximum atomic E-state index is 4.43. The molecular formula is C7H8N2S2. The van der Waals surface area contributed by atoms with Crippen LogP contribution in [0.25, 0.3) is 0 Å². The van der Waals surface area contributed by atoms with E-state index in [1.165, 1.54) is 0 Å². The van der Waals surface area contributed by atoms with Gasteiger partial charge in [-0.3, -0.25) is 4.98 Å². The molecule has 0 atom stereocenters. The van der Waals surface area contributed by atoms with Gasteiger partial charge in [0.25, 0.3) is 0 Å². The van der Waals surface area contributed by atoms with Gasteiger partial charge < -0.3 is 0 Å². The summed E-state index contributed by atoms with van der Waals surface area (Å²) in [5, 5.41) is 0. The minimum atomic E-state index is 0.528. The molecule has 58 valence electrons. The van der Waals surface area contributed by atoms with E-state index in [1.54, 1.807) is 19.3 Å². The van der Waals surface area contributed by atoms with Crippen molar-refractivity contribution in [1.82, 2.24) is 4.98 Å². The van der Waals surface area contributed by atoms with E-state index >= 15 is 0 Å². The molecule has 0 N–H and O–H groups in total. The number of hydrogen-bond acceptors (Lipinski definition) is 3. The highest BCUT2D eigenvalue weighted by atomic mass is 32.1. The summed E-state index contributed by atoms with van der Waals surface area (Å²) >= 11 is 8.59. The molecule has 1 aromatic heterocycles. The molecule has 0 spiro atoms. The molecule has 1 rings (SSSR count). The van der Waals surface area contributed by atoms with Crippen LogP contribution >= 0.6 is 12.2 Å². The fraction of sp³-hybridized carbons (Fsp3) is 0.143. The van der Waals surface area contributed by atoms with Crippen molar-refractivity contribution in [3.8, 4) is 0 Å². The van der Waals surface area contributed by atoms with Crippen LogP contribution in [0.5, 0.6) is 0 Å². The van der Waals surface area contributed by atoms with Gasteiger partial charge in [0, 0.05) is 24.8 Å². The zero-order chi connectivity index (χ0) is 8.53. The van der Waals surface area contributed by atoms with Gasteiger partial charge in [0.1, 0.15) is 4.99 Å². The number of rotatable bonds is 0. The fourth-order valence-corrected chi connectivity index (χ4v) is 0.313. The van der Waals surface area contributed by atoms with Crippen molar-refractivity contribution in [2.75, 3.05) is 0 Å². The minimum Gasteiger partial charge on any atom is -0.265 e. The molecule has 0 unspecified atom stereocenters. The molecule has 0 aliphatic carbocycles. The maximum absolute atomic E-state index is 4.43. The summed E-state index contributed by atoms with van der Waals surface area (Å²) in [6.45, 7) is 1.68.